The molecule has 0 unspecified atom stereocenters. The van der Waals surface area contributed by atoms with Gasteiger partial charge in [0.15, 0.2) is 0 Å². The summed E-state index contributed by atoms with van der Waals surface area (Å²) in [6.45, 7) is 1.12. The highest BCUT2D eigenvalue weighted by Crippen LogP contribution is 2.31. The predicted molar refractivity (Wildman–Crippen MR) is 128 cm³/mol. The van der Waals surface area contributed by atoms with Gasteiger partial charge in [0, 0.05) is 37.7 Å². The number of hydrogen-bond acceptors (Lipinski definition) is 4. The Kier molecular flexibility index (Phi) is 7.13. The molecule has 33 heavy (non-hydrogen) atoms. The van der Waals surface area contributed by atoms with E-state index in [2.05, 4.69) is 11.4 Å². The van der Waals surface area contributed by atoms with E-state index in [9.17, 15) is 9.59 Å². The fourth-order valence-corrected chi connectivity index (χ4v) is 4.63. The van der Waals surface area contributed by atoms with Crippen molar-refractivity contribution in [2.45, 2.75) is 45.1 Å². The van der Waals surface area contributed by atoms with Crippen molar-refractivity contribution in [3.8, 4) is 11.8 Å². The molecule has 1 heterocycles. The average Bonchev–Trinajstić information content (AvgIpc) is 3.07. The number of imidazole rings is 1. The summed E-state index contributed by atoms with van der Waals surface area (Å²) in [5, 5.41) is 11.7. The standard InChI is InChI=1S/C26H30N4O3/c1-29-23-14-13-22(33-16-6-5-15-27)17-24(23)30(26(29)32)18-19-9-11-20(12-10-19)25(31)28-21-7-3-2-4-8-21/h2-4,7-8,13-14,17,19-20H,5-6,9-12,16,18H2,1H3,(H,28,31). The van der Waals surface area contributed by atoms with Crippen LogP contribution in [0.25, 0.3) is 11.0 Å². The Balaban J connectivity index is 1.40. The van der Waals surface area contributed by atoms with Gasteiger partial charge in [0.1, 0.15) is 5.75 Å². The number of fused-ring (bicyclic) bond motifs is 1. The van der Waals surface area contributed by atoms with E-state index in [1.165, 1.54) is 0 Å². The molecule has 1 aliphatic carbocycles. The highest BCUT2D eigenvalue weighted by molar-refractivity contribution is 5.92. The number of nitriles is 1. The molecule has 0 saturated heterocycles. The summed E-state index contributed by atoms with van der Waals surface area (Å²) >= 11 is 0. The van der Waals surface area contributed by atoms with Gasteiger partial charge in [-0.1, -0.05) is 18.2 Å². The Hall–Kier alpha value is -3.53. The fraction of sp³-hybridized carbons (Fsp3) is 0.423. The molecule has 1 N–H and O–H groups in total. The van der Waals surface area contributed by atoms with Crippen molar-refractivity contribution in [2.24, 2.45) is 18.9 Å². The Morgan fingerprint density at radius 2 is 1.88 bits per heavy atom. The summed E-state index contributed by atoms with van der Waals surface area (Å²) in [5.74, 6) is 1.16. The molecule has 4 rings (SSSR count). The number of aromatic nitrogens is 2. The van der Waals surface area contributed by atoms with Crippen LogP contribution in [0.15, 0.2) is 53.3 Å². The number of para-hydroxylation sites is 1. The molecule has 1 saturated carbocycles. The van der Waals surface area contributed by atoms with Crippen molar-refractivity contribution in [2.75, 3.05) is 11.9 Å². The van der Waals surface area contributed by atoms with Crippen LogP contribution in [0.3, 0.4) is 0 Å². The zero-order chi connectivity index (χ0) is 23.2. The minimum absolute atomic E-state index is 0.0131. The Morgan fingerprint density at radius 1 is 1.12 bits per heavy atom. The Morgan fingerprint density at radius 3 is 2.61 bits per heavy atom. The maximum absolute atomic E-state index is 12.9. The van der Waals surface area contributed by atoms with E-state index >= 15 is 0 Å². The number of carbonyl (C=O) groups is 1. The predicted octanol–water partition coefficient (Wildman–Crippen LogP) is 4.47. The van der Waals surface area contributed by atoms with Gasteiger partial charge >= 0.3 is 5.69 Å². The molecule has 7 heteroatoms. The molecule has 1 amide bonds. The molecule has 1 aliphatic rings. The van der Waals surface area contributed by atoms with Crippen LogP contribution in [0.2, 0.25) is 0 Å². The van der Waals surface area contributed by atoms with Crippen LogP contribution < -0.4 is 15.7 Å². The maximum Gasteiger partial charge on any atom is 0.328 e. The largest absolute Gasteiger partial charge is 0.493 e. The maximum atomic E-state index is 12.9. The highest BCUT2D eigenvalue weighted by Gasteiger charge is 2.27. The van der Waals surface area contributed by atoms with Gasteiger partial charge in [-0.25, -0.2) is 4.79 Å². The number of ether oxygens (including phenoxy) is 1. The Bertz CT molecular complexity index is 1200. The second-order valence-electron chi connectivity index (χ2n) is 8.79. The Labute approximate surface area is 193 Å². The zero-order valence-electron chi connectivity index (χ0n) is 19.0. The molecule has 0 bridgehead atoms. The SMILES string of the molecule is Cn1c(=O)n(CC2CCC(C(=O)Nc3ccccc3)CC2)c2cc(OCCCC#N)ccc21. The quantitative estimate of drug-likeness (QED) is 0.517. The van der Waals surface area contributed by atoms with Crippen molar-refractivity contribution in [3.05, 3.63) is 59.0 Å². The molecular weight excluding hydrogens is 416 g/mol. The number of carbonyl (C=O) groups excluding carboxylic acids is 1. The average molecular weight is 447 g/mol. The smallest absolute Gasteiger partial charge is 0.328 e. The second-order valence-corrected chi connectivity index (χ2v) is 8.79. The molecule has 3 aromatic rings. The summed E-state index contributed by atoms with van der Waals surface area (Å²) in [4.78, 5) is 25.6. The first kappa shape index (κ1) is 22.7. The van der Waals surface area contributed by atoms with Crippen molar-refractivity contribution in [1.82, 2.24) is 9.13 Å². The van der Waals surface area contributed by atoms with Gasteiger partial charge in [0.05, 0.1) is 23.7 Å². The molecule has 0 radical (unpaired) electrons. The highest BCUT2D eigenvalue weighted by atomic mass is 16.5. The molecule has 172 valence electrons. The van der Waals surface area contributed by atoms with E-state index in [0.29, 0.717) is 37.7 Å². The molecule has 0 aliphatic heterocycles. The van der Waals surface area contributed by atoms with E-state index < -0.39 is 0 Å². The molecule has 0 atom stereocenters. The van der Waals surface area contributed by atoms with Crippen LogP contribution >= 0.6 is 0 Å². The molecule has 7 nitrogen and oxygen atoms in total. The number of nitrogens with one attached hydrogen (secondary N) is 1. The first-order valence-corrected chi connectivity index (χ1v) is 11.6. The fourth-order valence-electron chi connectivity index (χ4n) is 4.63. The summed E-state index contributed by atoms with van der Waals surface area (Å²) in [5.41, 5.74) is 2.54. The van der Waals surface area contributed by atoms with Crippen LogP contribution in [0.5, 0.6) is 5.75 Å². The van der Waals surface area contributed by atoms with Crippen LogP contribution in [0.1, 0.15) is 38.5 Å². The van der Waals surface area contributed by atoms with E-state index in [4.69, 9.17) is 10.00 Å². The van der Waals surface area contributed by atoms with Gasteiger partial charge in [-0.2, -0.15) is 5.26 Å². The number of amides is 1. The lowest BCUT2D eigenvalue weighted by molar-refractivity contribution is -0.121. The first-order valence-electron chi connectivity index (χ1n) is 11.6. The molecule has 2 aromatic carbocycles. The van der Waals surface area contributed by atoms with Crippen LogP contribution in [-0.2, 0) is 18.4 Å². The van der Waals surface area contributed by atoms with E-state index in [0.717, 1.165) is 42.4 Å². The van der Waals surface area contributed by atoms with Crippen molar-refractivity contribution in [1.29, 1.82) is 5.26 Å². The number of benzene rings is 2. The van der Waals surface area contributed by atoms with Gasteiger partial charge in [-0.3, -0.25) is 13.9 Å². The lowest BCUT2D eigenvalue weighted by Crippen LogP contribution is -2.30. The molecular formula is C26H30N4O3. The van der Waals surface area contributed by atoms with Crippen molar-refractivity contribution >= 4 is 22.6 Å². The van der Waals surface area contributed by atoms with Gasteiger partial charge in [0.25, 0.3) is 0 Å². The van der Waals surface area contributed by atoms with Crippen molar-refractivity contribution in [3.63, 3.8) is 0 Å². The lowest BCUT2D eigenvalue weighted by atomic mass is 9.81. The van der Waals surface area contributed by atoms with Crippen molar-refractivity contribution < 1.29 is 9.53 Å². The molecule has 1 fully saturated rings. The number of aryl methyl sites for hydroxylation is 1. The minimum atomic E-state index is -0.0319. The number of nitrogens with zero attached hydrogens (tertiary/aromatic N) is 3. The summed E-state index contributed by atoms with van der Waals surface area (Å²) in [6.07, 6.45) is 4.63. The van der Waals surface area contributed by atoms with Gasteiger partial charge in [0.2, 0.25) is 5.91 Å². The summed E-state index contributed by atoms with van der Waals surface area (Å²) in [7, 11) is 1.79. The number of anilines is 1. The van der Waals surface area contributed by atoms with E-state index in [1.807, 2.05) is 53.1 Å². The zero-order valence-corrected chi connectivity index (χ0v) is 19.0. The first-order chi connectivity index (χ1) is 16.1. The number of rotatable bonds is 8. The third-order valence-corrected chi connectivity index (χ3v) is 6.52. The van der Waals surface area contributed by atoms with Gasteiger partial charge < -0.3 is 10.1 Å². The van der Waals surface area contributed by atoms with Crippen LogP contribution in [0.4, 0.5) is 5.69 Å². The second kappa shape index (κ2) is 10.4. The monoisotopic (exact) mass is 446 g/mol. The number of unbranched alkanes of at least 4 members (excludes halogenated alkanes) is 1. The van der Waals surface area contributed by atoms with E-state index in [1.54, 1.807) is 11.6 Å². The summed E-state index contributed by atoms with van der Waals surface area (Å²) in [6, 6.07) is 17.4. The van der Waals surface area contributed by atoms with E-state index in [-0.39, 0.29) is 17.5 Å². The third-order valence-electron chi connectivity index (χ3n) is 6.52. The minimum Gasteiger partial charge on any atom is -0.493 e. The number of hydrogen-bond donors (Lipinski definition) is 1. The topological polar surface area (TPSA) is 89.1 Å². The molecule has 0 spiro atoms. The van der Waals surface area contributed by atoms with Crippen LogP contribution in [0, 0.1) is 23.2 Å². The van der Waals surface area contributed by atoms with Gasteiger partial charge in [-0.15, -0.1) is 0 Å². The lowest BCUT2D eigenvalue weighted by Gasteiger charge is -2.28. The van der Waals surface area contributed by atoms with Gasteiger partial charge in [-0.05, 0) is 62.3 Å². The summed E-state index contributed by atoms with van der Waals surface area (Å²) < 4.78 is 9.29. The third kappa shape index (κ3) is 5.28. The molecule has 1 aromatic heterocycles. The van der Waals surface area contributed by atoms with Crippen LogP contribution in [-0.4, -0.2) is 21.6 Å². The normalized spacial score (nSPS) is 18.1.